The molecule has 0 aromatic carbocycles. The molecule has 1 saturated heterocycles. The number of rotatable bonds is 4. The molecule has 4 N–H and O–H groups in total. The minimum atomic E-state index is -0.564. The number of piperidine rings is 1. The highest BCUT2D eigenvalue weighted by Crippen LogP contribution is 2.31. The first-order valence-corrected chi connectivity index (χ1v) is 6.54. The Kier molecular flexibility index (Phi) is 4.48. The molecule has 1 aromatic rings. The van der Waals surface area contributed by atoms with Crippen molar-refractivity contribution in [1.82, 2.24) is 15.3 Å². The highest BCUT2D eigenvalue weighted by atomic mass is 16.6. The van der Waals surface area contributed by atoms with Gasteiger partial charge in [0.1, 0.15) is 12.2 Å². The lowest BCUT2D eigenvalue weighted by Gasteiger charge is -2.34. The molecule has 1 unspecified atom stereocenters. The maximum atomic E-state index is 12.0. The van der Waals surface area contributed by atoms with Crippen LogP contribution in [-0.4, -0.2) is 40.4 Å². The molecule has 10 heteroatoms. The monoisotopic (exact) mass is 295 g/mol. The molecule has 0 aliphatic carbocycles. The van der Waals surface area contributed by atoms with E-state index in [1.807, 2.05) is 0 Å². The number of nitrogen functional groups attached to an aromatic ring is 1. The fourth-order valence-electron chi connectivity index (χ4n) is 2.40. The van der Waals surface area contributed by atoms with Crippen LogP contribution in [0, 0.1) is 10.1 Å². The number of hydrogen-bond donors (Lipinski definition) is 3. The summed E-state index contributed by atoms with van der Waals surface area (Å²) >= 11 is 0. The standard InChI is InChI=1S/C11H17N7O3/c1-13-10(19)7-4-2-3-5-17(7)9-8(18(20)21)6-14-11(15-9)16-12/h6-7H,2-5,12H2,1H3,(H,13,19)(H,14,15,16). The Bertz CT molecular complexity index is 551. The summed E-state index contributed by atoms with van der Waals surface area (Å²) in [5.41, 5.74) is 2.01. The van der Waals surface area contributed by atoms with E-state index in [0.717, 1.165) is 19.0 Å². The topological polar surface area (TPSA) is 139 Å². The number of nitrogens with zero attached hydrogens (tertiary/aromatic N) is 4. The average molecular weight is 295 g/mol. The lowest BCUT2D eigenvalue weighted by molar-refractivity contribution is -0.384. The summed E-state index contributed by atoms with van der Waals surface area (Å²) in [5, 5.41) is 13.7. The van der Waals surface area contributed by atoms with Gasteiger partial charge in [-0.15, -0.1) is 0 Å². The van der Waals surface area contributed by atoms with Crippen molar-refractivity contribution >= 4 is 23.4 Å². The highest BCUT2D eigenvalue weighted by Gasteiger charge is 2.33. The smallest absolute Gasteiger partial charge is 0.329 e. The van der Waals surface area contributed by atoms with E-state index in [0.29, 0.717) is 13.0 Å². The molecule has 114 valence electrons. The van der Waals surface area contributed by atoms with Gasteiger partial charge in [0.2, 0.25) is 17.7 Å². The molecule has 1 aliphatic heterocycles. The molecule has 0 saturated carbocycles. The fraction of sp³-hybridized carbons (Fsp3) is 0.545. The first kappa shape index (κ1) is 14.9. The van der Waals surface area contributed by atoms with Crippen molar-refractivity contribution in [1.29, 1.82) is 0 Å². The maximum Gasteiger partial charge on any atom is 0.329 e. The van der Waals surface area contributed by atoms with Gasteiger partial charge in [-0.3, -0.25) is 20.3 Å². The Morgan fingerprint density at radius 1 is 1.57 bits per heavy atom. The summed E-state index contributed by atoms with van der Waals surface area (Å²) in [5.74, 6) is 5.24. The Morgan fingerprint density at radius 2 is 2.33 bits per heavy atom. The number of aromatic nitrogens is 2. The van der Waals surface area contributed by atoms with Crippen LogP contribution >= 0.6 is 0 Å². The van der Waals surface area contributed by atoms with Crippen LogP contribution in [0.2, 0.25) is 0 Å². The van der Waals surface area contributed by atoms with Crippen LogP contribution in [0.15, 0.2) is 6.20 Å². The van der Waals surface area contributed by atoms with Gasteiger partial charge in [0.25, 0.3) is 0 Å². The first-order valence-electron chi connectivity index (χ1n) is 6.54. The molecule has 1 amide bonds. The van der Waals surface area contributed by atoms with Crippen LogP contribution in [0.5, 0.6) is 0 Å². The summed E-state index contributed by atoms with van der Waals surface area (Å²) in [4.78, 5) is 32.0. The Morgan fingerprint density at radius 3 is 2.95 bits per heavy atom. The second-order valence-corrected chi connectivity index (χ2v) is 4.62. The van der Waals surface area contributed by atoms with E-state index >= 15 is 0 Å². The van der Waals surface area contributed by atoms with Crippen molar-refractivity contribution in [3.05, 3.63) is 16.3 Å². The predicted molar refractivity (Wildman–Crippen MR) is 75.5 cm³/mol. The highest BCUT2D eigenvalue weighted by molar-refractivity contribution is 5.85. The van der Waals surface area contributed by atoms with Crippen molar-refractivity contribution in [2.75, 3.05) is 23.9 Å². The predicted octanol–water partition coefficient (Wildman–Crippen LogP) is -0.225. The van der Waals surface area contributed by atoms with Crippen LogP contribution in [-0.2, 0) is 4.79 Å². The van der Waals surface area contributed by atoms with Crippen LogP contribution in [0.3, 0.4) is 0 Å². The van der Waals surface area contributed by atoms with Gasteiger partial charge >= 0.3 is 5.69 Å². The number of carbonyl (C=O) groups excluding carboxylic acids is 1. The van der Waals surface area contributed by atoms with E-state index in [9.17, 15) is 14.9 Å². The van der Waals surface area contributed by atoms with Crippen LogP contribution in [0.1, 0.15) is 19.3 Å². The normalized spacial score (nSPS) is 18.2. The molecule has 21 heavy (non-hydrogen) atoms. The largest absolute Gasteiger partial charge is 0.357 e. The zero-order valence-electron chi connectivity index (χ0n) is 11.6. The second kappa shape index (κ2) is 6.31. The van der Waals surface area contributed by atoms with E-state index in [-0.39, 0.29) is 23.4 Å². The quantitative estimate of drug-likeness (QED) is 0.393. The number of hydrogen-bond acceptors (Lipinski definition) is 8. The van der Waals surface area contributed by atoms with E-state index in [4.69, 9.17) is 5.84 Å². The molecule has 1 atom stereocenters. The minimum absolute atomic E-state index is 0.0665. The SMILES string of the molecule is CNC(=O)C1CCCCN1c1nc(NN)ncc1[N+](=O)[O-]. The third-order valence-electron chi connectivity index (χ3n) is 3.40. The fourth-order valence-corrected chi connectivity index (χ4v) is 2.40. The van der Waals surface area contributed by atoms with Gasteiger partial charge in [-0.25, -0.2) is 10.8 Å². The molecule has 2 rings (SSSR count). The zero-order chi connectivity index (χ0) is 15.4. The molecule has 10 nitrogen and oxygen atoms in total. The molecule has 0 spiro atoms. The Balaban J connectivity index is 2.45. The van der Waals surface area contributed by atoms with Crippen molar-refractivity contribution in [3.8, 4) is 0 Å². The maximum absolute atomic E-state index is 12.0. The number of likely N-dealkylation sites (N-methyl/N-ethyl adjacent to an activating group) is 1. The summed E-state index contributed by atoms with van der Waals surface area (Å²) in [6, 6.07) is -0.483. The summed E-state index contributed by atoms with van der Waals surface area (Å²) in [7, 11) is 1.54. The number of anilines is 2. The van der Waals surface area contributed by atoms with Crippen LogP contribution in [0.25, 0.3) is 0 Å². The number of nitrogens with one attached hydrogen (secondary N) is 2. The van der Waals surface area contributed by atoms with Gasteiger partial charge in [0.05, 0.1) is 4.92 Å². The van der Waals surface area contributed by atoms with Crippen molar-refractivity contribution in [3.63, 3.8) is 0 Å². The molecular formula is C11H17N7O3. The van der Waals surface area contributed by atoms with E-state index in [1.54, 1.807) is 4.90 Å². The molecule has 1 aliphatic rings. The molecule has 0 radical (unpaired) electrons. The zero-order valence-corrected chi connectivity index (χ0v) is 11.6. The third kappa shape index (κ3) is 2.99. The van der Waals surface area contributed by atoms with Gasteiger partial charge in [-0.2, -0.15) is 4.98 Å². The summed E-state index contributed by atoms with van der Waals surface area (Å²) < 4.78 is 0. The van der Waals surface area contributed by atoms with Crippen LogP contribution < -0.4 is 21.5 Å². The van der Waals surface area contributed by atoms with Crippen molar-refractivity contribution < 1.29 is 9.72 Å². The van der Waals surface area contributed by atoms with E-state index in [2.05, 4.69) is 20.7 Å². The van der Waals surface area contributed by atoms with E-state index in [1.165, 1.54) is 7.05 Å². The lowest BCUT2D eigenvalue weighted by Crippen LogP contribution is -2.49. The Labute approximate surface area is 120 Å². The molecule has 2 heterocycles. The van der Waals surface area contributed by atoms with Gasteiger partial charge < -0.3 is 10.2 Å². The molecule has 0 bridgehead atoms. The average Bonchev–Trinajstić information content (AvgIpc) is 2.53. The van der Waals surface area contributed by atoms with Gasteiger partial charge in [0, 0.05) is 13.6 Å². The van der Waals surface area contributed by atoms with Gasteiger partial charge in [-0.05, 0) is 19.3 Å². The number of hydrazine groups is 1. The lowest BCUT2D eigenvalue weighted by atomic mass is 10.0. The number of carbonyl (C=O) groups is 1. The molecule has 1 aromatic heterocycles. The van der Waals surface area contributed by atoms with E-state index < -0.39 is 11.0 Å². The molecular weight excluding hydrogens is 278 g/mol. The Hall–Kier alpha value is -2.49. The molecule has 1 fully saturated rings. The number of amides is 1. The summed E-state index contributed by atoms with van der Waals surface area (Å²) in [6.07, 6.45) is 3.43. The minimum Gasteiger partial charge on any atom is -0.357 e. The number of nitro groups is 1. The first-order chi connectivity index (χ1) is 10.1. The van der Waals surface area contributed by atoms with Crippen LogP contribution in [0.4, 0.5) is 17.5 Å². The van der Waals surface area contributed by atoms with Crippen molar-refractivity contribution in [2.45, 2.75) is 25.3 Å². The third-order valence-corrected chi connectivity index (χ3v) is 3.40. The summed E-state index contributed by atoms with van der Waals surface area (Å²) in [6.45, 7) is 0.514. The van der Waals surface area contributed by atoms with Gasteiger partial charge in [-0.1, -0.05) is 0 Å². The van der Waals surface area contributed by atoms with Gasteiger partial charge in [0.15, 0.2) is 0 Å². The van der Waals surface area contributed by atoms with Crippen molar-refractivity contribution in [2.24, 2.45) is 5.84 Å². The second-order valence-electron chi connectivity index (χ2n) is 4.62. The number of nitrogens with two attached hydrogens (primary N) is 1.